The zero-order valence-corrected chi connectivity index (χ0v) is 11.6. The molecule has 4 heteroatoms. The van der Waals surface area contributed by atoms with Crippen LogP contribution < -0.4 is 10.6 Å². The number of carbonyl (C=O) groups is 2. The van der Waals surface area contributed by atoms with Gasteiger partial charge in [-0.1, -0.05) is 25.7 Å². The number of nitrogens with one attached hydrogen (secondary N) is 2. The molecule has 0 spiro atoms. The van der Waals surface area contributed by atoms with E-state index in [-0.39, 0.29) is 17.9 Å². The molecule has 0 aromatic heterocycles. The first-order valence-electron chi connectivity index (χ1n) is 7.09. The van der Waals surface area contributed by atoms with Crippen molar-refractivity contribution in [1.29, 1.82) is 0 Å². The molecule has 1 aliphatic carbocycles. The quantitative estimate of drug-likeness (QED) is 0.558. The zero-order chi connectivity index (χ0) is 13.4. The van der Waals surface area contributed by atoms with Crippen molar-refractivity contribution in [2.24, 2.45) is 11.8 Å². The molecule has 4 nitrogen and oxygen atoms in total. The van der Waals surface area contributed by atoms with Gasteiger partial charge in [0.05, 0.1) is 6.04 Å². The van der Waals surface area contributed by atoms with E-state index >= 15 is 0 Å². The van der Waals surface area contributed by atoms with Crippen LogP contribution in [-0.2, 0) is 9.59 Å². The molecule has 1 saturated carbocycles. The lowest BCUT2D eigenvalue weighted by atomic mass is 9.87. The van der Waals surface area contributed by atoms with Crippen molar-refractivity contribution < 1.29 is 9.59 Å². The van der Waals surface area contributed by atoms with Crippen molar-refractivity contribution >= 4 is 12.2 Å². The predicted molar refractivity (Wildman–Crippen MR) is 72.3 cm³/mol. The van der Waals surface area contributed by atoms with Crippen LogP contribution in [0.15, 0.2) is 0 Å². The average molecular weight is 254 g/mol. The summed E-state index contributed by atoms with van der Waals surface area (Å²) in [4.78, 5) is 22.9. The summed E-state index contributed by atoms with van der Waals surface area (Å²) >= 11 is 0. The van der Waals surface area contributed by atoms with Gasteiger partial charge < -0.3 is 15.4 Å². The molecule has 0 radical (unpaired) electrons. The molecule has 0 aromatic carbocycles. The number of aldehydes is 1. The third-order valence-corrected chi connectivity index (χ3v) is 4.02. The summed E-state index contributed by atoms with van der Waals surface area (Å²) in [7, 11) is 1.76. The fourth-order valence-corrected chi connectivity index (χ4v) is 2.57. The normalized spacial score (nSPS) is 20.8. The van der Waals surface area contributed by atoms with Crippen LogP contribution in [0.3, 0.4) is 0 Å². The molecule has 0 aromatic rings. The van der Waals surface area contributed by atoms with Gasteiger partial charge in [0.1, 0.15) is 6.29 Å². The van der Waals surface area contributed by atoms with Crippen LogP contribution in [0.5, 0.6) is 0 Å². The van der Waals surface area contributed by atoms with Gasteiger partial charge >= 0.3 is 0 Å². The van der Waals surface area contributed by atoms with Gasteiger partial charge in [-0.3, -0.25) is 4.79 Å². The van der Waals surface area contributed by atoms with E-state index < -0.39 is 0 Å². The van der Waals surface area contributed by atoms with Crippen LogP contribution in [0.25, 0.3) is 0 Å². The molecule has 1 fully saturated rings. The molecule has 2 N–H and O–H groups in total. The molecule has 0 bridgehead atoms. The third kappa shape index (κ3) is 4.77. The zero-order valence-electron chi connectivity index (χ0n) is 11.6. The molecule has 0 saturated heterocycles. The van der Waals surface area contributed by atoms with Crippen molar-refractivity contribution in [3.05, 3.63) is 0 Å². The highest BCUT2D eigenvalue weighted by Crippen LogP contribution is 2.27. The monoisotopic (exact) mass is 254 g/mol. The lowest BCUT2D eigenvalue weighted by Gasteiger charge is -2.22. The third-order valence-electron chi connectivity index (χ3n) is 4.02. The smallest absolute Gasteiger partial charge is 0.236 e. The fourth-order valence-electron chi connectivity index (χ4n) is 2.57. The molecule has 1 unspecified atom stereocenters. The molecule has 104 valence electrons. The Morgan fingerprint density at radius 3 is 2.39 bits per heavy atom. The van der Waals surface area contributed by atoms with Gasteiger partial charge in [0.15, 0.2) is 0 Å². The Hall–Kier alpha value is -0.900. The maximum absolute atomic E-state index is 11.7. The Morgan fingerprint density at radius 1 is 1.28 bits per heavy atom. The Kier molecular flexibility index (Phi) is 6.94. The van der Waals surface area contributed by atoms with Gasteiger partial charge in [0, 0.05) is 12.5 Å². The van der Waals surface area contributed by atoms with Gasteiger partial charge in [-0.05, 0) is 32.7 Å². The van der Waals surface area contributed by atoms with E-state index in [0.29, 0.717) is 12.5 Å². The first kappa shape index (κ1) is 15.2. The molecular weight excluding hydrogens is 228 g/mol. The molecule has 18 heavy (non-hydrogen) atoms. The van der Waals surface area contributed by atoms with Crippen molar-refractivity contribution in [3.8, 4) is 0 Å². The summed E-state index contributed by atoms with van der Waals surface area (Å²) < 4.78 is 0. The minimum Gasteiger partial charge on any atom is -0.354 e. The van der Waals surface area contributed by atoms with E-state index in [4.69, 9.17) is 0 Å². The van der Waals surface area contributed by atoms with Gasteiger partial charge in [0.25, 0.3) is 0 Å². The minimum absolute atomic E-state index is 0.0175. The van der Waals surface area contributed by atoms with E-state index in [1.165, 1.54) is 25.7 Å². The number of amides is 1. The van der Waals surface area contributed by atoms with E-state index in [1.54, 1.807) is 7.05 Å². The molecule has 1 rings (SSSR count). The summed E-state index contributed by atoms with van der Waals surface area (Å²) in [6.07, 6.45) is 8.28. The van der Waals surface area contributed by atoms with Gasteiger partial charge in [-0.15, -0.1) is 0 Å². The second-order valence-corrected chi connectivity index (χ2v) is 5.31. The molecular formula is C14H26N2O2. The van der Waals surface area contributed by atoms with Crippen LogP contribution in [0.1, 0.15) is 45.4 Å². The predicted octanol–water partition coefficient (Wildman–Crippen LogP) is 1.50. The maximum Gasteiger partial charge on any atom is 0.236 e. The first-order chi connectivity index (χ1) is 8.69. The van der Waals surface area contributed by atoms with Crippen LogP contribution in [-0.4, -0.2) is 31.8 Å². The summed E-state index contributed by atoms with van der Waals surface area (Å²) in [6, 6.07) is -0.202. The first-order valence-corrected chi connectivity index (χ1v) is 7.09. The second-order valence-electron chi connectivity index (χ2n) is 5.31. The van der Waals surface area contributed by atoms with E-state index in [2.05, 4.69) is 10.6 Å². The highest BCUT2D eigenvalue weighted by molar-refractivity contribution is 5.81. The largest absolute Gasteiger partial charge is 0.354 e. The second kappa shape index (κ2) is 8.25. The summed E-state index contributed by atoms with van der Waals surface area (Å²) in [6.45, 7) is 2.30. The van der Waals surface area contributed by atoms with Crippen molar-refractivity contribution in [3.63, 3.8) is 0 Å². The number of hydrogen-bond acceptors (Lipinski definition) is 3. The van der Waals surface area contributed by atoms with Crippen molar-refractivity contribution in [2.45, 2.75) is 51.5 Å². The van der Waals surface area contributed by atoms with Crippen LogP contribution in [0.2, 0.25) is 0 Å². The number of likely N-dealkylation sites (N-methyl/N-ethyl adjacent to an activating group) is 1. The van der Waals surface area contributed by atoms with E-state index in [9.17, 15) is 9.59 Å². The number of hydrogen-bond donors (Lipinski definition) is 2. The highest BCUT2D eigenvalue weighted by Gasteiger charge is 2.23. The number of carbonyl (C=O) groups excluding carboxylic acids is 2. The standard InChI is InChI=1S/C14H26N2O2/c1-11(15-2)14(18)16-9-13(10-17)12-7-5-3-4-6-8-12/h10-13,15H,3-9H2,1-2H3,(H,16,18)/t11-,13?/m0/s1. The Labute approximate surface area is 110 Å². The SMILES string of the molecule is CN[C@@H](C)C(=O)NCC(C=O)C1CCCCCC1. The lowest BCUT2D eigenvalue weighted by Crippen LogP contribution is -2.43. The Bertz CT molecular complexity index is 261. The topological polar surface area (TPSA) is 58.2 Å². The summed E-state index contributed by atoms with van der Waals surface area (Å²) in [5, 5.41) is 5.76. The van der Waals surface area contributed by atoms with Crippen LogP contribution in [0, 0.1) is 11.8 Å². The van der Waals surface area contributed by atoms with Crippen molar-refractivity contribution in [2.75, 3.05) is 13.6 Å². The molecule has 1 aliphatic rings. The number of rotatable bonds is 6. The van der Waals surface area contributed by atoms with Gasteiger partial charge in [0.2, 0.25) is 5.91 Å². The van der Waals surface area contributed by atoms with E-state index in [1.807, 2.05) is 6.92 Å². The lowest BCUT2D eigenvalue weighted by molar-refractivity contribution is -0.123. The van der Waals surface area contributed by atoms with Crippen molar-refractivity contribution in [1.82, 2.24) is 10.6 Å². The minimum atomic E-state index is -0.202. The summed E-state index contributed by atoms with van der Waals surface area (Å²) in [5.74, 6) is 0.407. The fraction of sp³-hybridized carbons (Fsp3) is 0.857. The van der Waals surface area contributed by atoms with Gasteiger partial charge in [-0.25, -0.2) is 0 Å². The van der Waals surface area contributed by atoms with Crippen LogP contribution >= 0.6 is 0 Å². The Morgan fingerprint density at radius 2 is 1.89 bits per heavy atom. The Balaban J connectivity index is 2.40. The molecule has 0 aliphatic heterocycles. The van der Waals surface area contributed by atoms with E-state index in [0.717, 1.165) is 19.1 Å². The van der Waals surface area contributed by atoms with Crippen LogP contribution in [0.4, 0.5) is 0 Å². The summed E-state index contributed by atoms with van der Waals surface area (Å²) in [5.41, 5.74) is 0. The highest BCUT2D eigenvalue weighted by atomic mass is 16.2. The molecule has 1 amide bonds. The molecule has 0 heterocycles. The van der Waals surface area contributed by atoms with Gasteiger partial charge in [-0.2, -0.15) is 0 Å². The average Bonchev–Trinajstić information content (AvgIpc) is 2.67. The maximum atomic E-state index is 11.7. The molecule has 2 atom stereocenters.